The normalized spacial score (nSPS) is 10.4. The molecule has 0 radical (unpaired) electrons. The number of rotatable bonds is 6. The average Bonchev–Trinajstić information content (AvgIpc) is 2.94. The van der Waals surface area contributed by atoms with Crippen molar-refractivity contribution in [3.8, 4) is 11.3 Å². The Balaban J connectivity index is 2.05. The van der Waals surface area contributed by atoms with Crippen LogP contribution < -0.4 is 11.1 Å². The highest BCUT2D eigenvalue weighted by atomic mass is 16.1. The van der Waals surface area contributed by atoms with Gasteiger partial charge in [-0.1, -0.05) is 30.3 Å². The number of aromatic amines is 1. The number of amides is 1. The molecule has 19 heavy (non-hydrogen) atoms. The lowest BCUT2D eigenvalue weighted by Crippen LogP contribution is -2.25. The van der Waals surface area contributed by atoms with Crippen LogP contribution in [-0.4, -0.2) is 29.2 Å². The molecule has 4 N–H and O–H groups in total. The molecule has 1 aromatic heterocycles. The van der Waals surface area contributed by atoms with E-state index >= 15 is 0 Å². The number of unbranched alkanes of at least 4 members (excludes halogenated alkanes) is 1. The van der Waals surface area contributed by atoms with Crippen LogP contribution in [0.5, 0.6) is 0 Å². The van der Waals surface area contributed by atoms with E-state index in [1.54, 1.807) is 6.20 Å². The standard InChI is InChI=1S/C14H18N4O/c15-8-4-5-9-16-14(19)12-10-17-18-13(12)11-6-2-1-3-7-11/h1-3,6-7,10H,4-5,8-9,15H2,(H,16,19)(H,17,18). The van der Waals surface area contributed by atoms with Crippen LogP contribution in [0.15, 0.2) is 36.5 Å². The molecular formula is C14H18N4O. The summed E-state index contributed by atoms with van der Waals surface area (Å²) in [6.45, 7) is 1.28. The molecule has 5 nitrogen and oxygen atoms in total. The summed E-state index contributed by atoms with van der Waals surface area (Å²) in [5, 5.41) is 9.71. The molecule has 1 aromatic carbocycles. The minimum absolute atomic E-state index is 0.107. The highest BCUT2D eigenvalue weighted by Gasteiger charge is 2.14. The Morgan fingerprint density at radius 1 is 1.26 bits per heavy atom. The average molecular weight is 258 g/mol. The zero-order valence-electron chi connectivity index (χ0n) is 10.7. The van der Waals surface area contributed by atoms with E-state index in [1.165, 1.54) is 0 Å². The molecule has 0 spiro atoms. The highest BCUT2D eigenvalue weighted by molar-refractivity contribution is 5.99. The van der Waals surface area contributed by atoms with Gasteiger partial charge >= 0.3 is 0 Å². The first-order valence-electron chi connectivity index (χ1n) is 6.40. The maximum atomic E-state index is 12.1. The van der Waals surface area contributed by atoms with Crippen LogP contribution in [0, 0.1) is 0 Å². The molecular weight excluding hydrogens is 240 g/mol. The van der Waals surface area contributed by atoms with Crippen LogP contribution >= 0.6 is 0 Å². The van der Waals surface area contributed by atoms with Gasteiger partial charge in [0.2, 0.25) is 0 Å². The second-order valence-electron chi connectivity index (χ2n) is 4.28. The number of nitrogens with one attached hydrogen (secondary N) is 2. The second-order valence-corrected chi connectivity index (χ2v) is 4.28. The summed E-state index contributed by atoms with van der Waals surface area (Å²) in [4.78, 5) is 12.1. The van der Waals surface area contributed by atoms with Crippen molar-refractivity contribution in [2.75, 3.05) is 13.1 Å². The van der Waals surface area contributed by atoms with Gasteiger partial charge in [-0.25, -0.2) is 0 Å². The van der Waals surface area contributed by atoms with Gasteiger partial charge in [0.1, 0.15) is 0 Å². The van der Waals surface area contributed by atoms with E-state index in [0.29, 0.717) is 18.7 Å². The second kappa shape index (κ2) is 6.70. The predicted octanol–water partition coefficient (Wildman–Crippen LogP) is 1.55. The van der Waals surface area contributed by atoms with Gasteiger partial charge in [-0.05, 0) is 19.4 Å². The monoisotopic (exact) mass is 258 g/mol. The fourth-order valence-electron chi connectivity index (χ4n) is 1.85. The summed E-state index contributed by atoms with van der Waals surface area (Å²) in [5.41, 5.74) is 7.68. The van der Waals surface area contributed by atoms with Gasteiger partial charge < -0.3 is 11.1 Å². The molecule has 2 aromatic rings. The van der Waals surface area contributed by atoms with Crippen molar-refractivity contribution >= 4 is 5.91 Å². The molecule has 2 rings (SSSR count). The van der Waals surface area contributed by atoms with Crippen molar-refractivity contribution in [3.05, 3.63) is 42.1 Å². The Labute approximate surface area is 112 Å². The van der Waals surface area contributed by atoms with Gasteiger partial charge in [-0.3, -0.25) is 9.89 Å². The third-order valence-electron chi connectivity index (χ3n) is 2.86. The number of nitrogens with zero attached hydrogens (tertiary/aromatic N) is 1. The summed E-state index contributed by atoms with van der Waals surface area (Å²) >= 11 is 0. The Bertz CT molecular complexity index is 521. The van der Waals surface area contributed by atoms with Crippen molar-refractivity contribution in [2.24, 2.45) is 5.73 Å². The molecule has 0 aliphatic carbocycles. The van der Waals surface area contributed by atoms with Crippen molar-refractivity contribution in [1.82, 2.24) is 15.5 Å². The number of hydrogen-bond acceptors (Lipinski definition) is 3. The zero-order chi connectivity index (χ0) is 13.5. The number of aromatic nitrogens is 2. The number of H-pyrrole nitrogens is 1. The maximum absolute atomic E-state index is 12.1. The first-order valence-corrected chi connectivity index (χ1v) is 6.40. The van der Waals surface area contributed by atoms with Crippen LogP contribution in [0.1, 0.15) is 23.2 Å². The van der Waals surface area contributed by atoms with Gasteiger partial charge in [0.15, 0.2) is 0 Å². The van der Waals surface area contributed by atoms with E-state index in [0.717, 1.165) is 24.1 Å². The quantitative estimate of drug-likeness (QED) is 0.687. The van der Waals surface area contributed by atoms with Gasteiger partial charge in [0.25, 0.3) is 5.91 Å². The summed E-state index contributed by atoms with van der Waals surface area (Å²) in [7, 11) is 0. The van der Waals surface area contributed by atoms with E-state index in [-0.39, 0.29) is 5.91 Å². The van der Waals surface area contributed by atoms with Crippen molar-refractivity contribution in [2.45, 2.75) is 12.8 Å². The maximum Gasteiger partial charge on any atom is 0.255 e. The van der Waals surface area contributed by atoms with E-state index < -0.39 is 0 Å². The van der Waals surface area contributed by atoms with Crippen molar-refractivity contribution < 1.29 is 4.79 Å². The Morgan fingerprint density at radius 3 is 2.79 bits per heavy atom. The summed E-state index contributed by atoms with van der Waals surface area (Å²) in [6.07, 6.45) is 3.36. The smallest absolute Gasteiger partial charge is 0.255 e. The first kappa shape index (κ1) is 13.3. The number of benzene rings is 1. The molecule has 1 heterocycles. The van der Waals surface area contributed by atoms with Crippen LogP contribution in [0.3, 0.4) is 0 Å². The van der Waals surface area contributed by atoms with Crippen LogP contribution in [0.4, 0.5) is 0 Å². The number of hydrogen-bond donors (Lipinski definition) is 3. The topological polar surface area (TPSA) is 83.8 Å². The van der Waals surface area contributed by atoms with Crippen LogP contribution in [0.25, 0.3) is 11.3 Å². The lowest BCUT2D eigenvalue weighted by Gasteiger charge is -2.05. The van der Waals surface area contributed by atoms with Gasteiger partial charge in [0.05, 0.1) is 17.5 Å². The molecule has 1 amide bonds. The summed E-state index contributed by atoms with van der Waals surface area (Å²) < 4.78 is 0. The molecule has 0 aliphatic rings. The molecule has 0 atom stereocenters. The minimum Gasteiger partial charge on any atom is -0.352 e. The Morgan fingerprint density at radius 2 is 2.05 bits per heavy atom. The van der Waals surface area contributed by atoms with E-state index in [9.17, 15) is 4.79 Å². The van der Waals surface area contributed by atoms with Crippen molar-refractivity contribution in [3.63, 3.8) is 0 Å². The Hall–Kier alpha value is -2.14. The van der Waals surface area contributed by atoms with Gasteiger partial charge in [-0.15, -0.1) is 0 Å². The molecule has 0 saturated carbocycles. The van der Waals surface area contributed by atoms with E-state index in [4.69, 9.17) is 5.73 Å². The fourth-order valence-corrected chi connectivity index (χ4v) is 1.85. The SMILES string of the molecule is NCCCCNC(=O)c1cn[nH]c1-c1ccccc1. The van der Waals surface area contributed by atoms with E-state index in [1.807, 2.05) is 30.3 Å². The van der Waals surface area contributed by atoms with E-state index in [2.05, 4.69) is 15.5 Å². The number of carbonyl (C=O) groups excluding carboxylic acids is 1. The van der Waals surface area contributed by atoms with Gasteiger partial charge in [-0.2, -0.15) is 5.10 Å². The molecule has 0 unspecified atom stereocenters. The number of carbonyl (C=O) groups is 1. The third-order valence-corrected chi connectivity index (χ3v) is 2.86. The van der Waals surface area contributed by atoms with Crippen molar-refractivity contribution in [1.29, 1.82) is 0 Å². The lowest BCUT2D eigenvalue weighted by atomic mass is 10.1. The third kappa shape index (κ3) is 3.42. The summed E-state index contributed by atoms with van der Waals surface area (Å²) in [5.74, 6) is -0.107. The summed E-state index contributed by atoms with van der Waals surface area (Å²) in [6, 6.07) is 9.68. The molecule has 0 bridgehead atoms. The Kier molecular flexibility index (Phi) is 4.69. The minimum atomic E-state index is -0.107. The zero-order valence-corrected chi connectivity index (χ0v) is 10.7. The predicted molar refractivity (Wildman–Crippen MR) is 74.6 cm³/mol. The molecule has 0 fully saturated rings. The molecule has 0 saturated heterocycles. The number of nitrogens with two attached hydrogens (primary N) is 1. The largest absolute Gasteiger partial charge is 0.352 e. The van der Waals surface area contributed by atoms with Gasteiger partial charge in [0, 0.05) is 12.1 Å². The first-order chi connectivity index (χ1) is 9.33. The van der Waals surface area contributed by atoms with Crippen LogP contribution in [-0.2, 0) is 0 Å². The molecule has 0 aliphatic heterocycles. The highest BCUT2D eigenvalue weighted by Crippen LogP contribution is 2.20. The molecule has 100 valence electrons. The van der Waals surface area contributed by atoms with Crippen LogP contribution in [0.2, 0.25) is 0 Å². The lowest BCUT2D eigenvalue weighted by molar-refractivity contribution is 0.0954. The molecule has 5 heteroatoms. The fraction of sp³-hybridized carbons (Fsp3) is 0.286.